The van der Waals surface area contributed by atoms with Crippen LogP contribution in [0.4, 0.5) is 5.69 Å². The van der Waals surface area contributed by atoms with Gasteiger partial charge in [-0.25, -0.2) is 8.42 Å². The summed E-state index contributed by atoms with van der Waals surface area (Å²) in [6.45, 7) is 3.87. The van der Waals surface area contributed by atoms with Crippen molar-refractivity contribution in [1.82, 2.24) is 9.78 Å². The molecule has 2 aromatic rings. The fourth-order valence-electron chi connectivity index (χ4n) is 2.50. The number of nitrogens with one attached hydrogen (secondary N) is 2. The average molecular weight is 337 g/mol. The SMILES string of the molecule is CCn1[nH]cc(C(=O)c2ccc(S(C)(=O)=O)c(NC)c2C)c1=O. The van der Waals surface area contributed by atoms with Crippen LogP contribution in [-0.2, 0) is 16.4 Å². The quantitative estimate of drug-likeness (QED) is 0.798. The number of aromatic amines is 1. The van der Waals surface area contributed by atoms with Gasteiger partial charge >= 0.3 is 0 Å². The minimum absolute atomic E-state index is 0.0316. The molecule has 0 unspecified atom stereocenters. The summed E-state index contributed by atoms with van der Waals surface area (Å²) < 4.78 is 25.0. The van der Waals surface area contributed by atoms with Gasteiger partial charge in [0.05, 0.1) is 10.6 Å². The van der Waals surface area contributed by atoms with E-state index in [1.807, 2.05) is 0 Å². The molecule has 124 valence electrons. The van der Waals surface area contributed by atoms with E-state index in [2.05, 4.69) is 10.4 Å². The Bertz CT molecular complexity index is 923. The lowest BCUT2D eigenvalue weighted by atomic mass is 9.99. The Kier molecular flexibility index (Phi) is 4.46. The van der Waals surface area contributed by atoms with Crippen LogP contribution in [0, 0.1) is 6.92 Å². The van der Waals surface area contributed by atoms with Gasteiger partial charge in [-0.1, -0.05) is 0 Å². The number of carbonyl (C=O) groups is 1. The van der Waals surface area contributed by atoms with Crippen LogP contribution >= 0.6 is 0 Å². The summed E-state index contributed by atoms with van der Waals surface area (Å²) in [5.74, 6) is -0.437. The third-order valence-corrected chi connectivity index (χ3v) is 4.86. The van der Waals surface area contributed by atoms with Gasteiger partial charge in [-0.15, -0.1) is 0 Å². The monoisotopic (exact) mass is 337 g/mol. The third kappa shape index (κ3) is 2.94. The van der Waals surface area contributed by atoms with Gasteiger partial charge in [0.1, 0.15) is 5.56 Å². The standard InChI is InChI=1S/C15H19N3O4S/c1-5-18-15(20)11(8-17-18)14(19)10-6-7-12(23(4,21)22)13(16-3)9(10)2/h6-8,16-17H,5H2,1-4H3. The summed E-state index contributed by atoms with van der Waals surface area (Å²) in [5, 5.41) is 5.56. The summed E-state index contributed by atoms with van der Waals surface area (Å²) >= 11 is 0. The van der Waals surface area contributed by atoms with Gasteiger partial charge in [0.2, 0.25) is 5.78 Å². The van der Waals surface area contributed by atoms with E-state index < -0.39 is 21.2 Å². The Balaban J connectivity index is 2.63. The van der Waals surface area contributed by atoms with Crippen LogP contribution in [0.2, 0.25) is 0 Å². The highest BCUT2D eigenvalue weighted by atomic mass is 32.2. The molecule has 8 heteroatoms. The molecule has 0 fully saturated rings. The number of aromatic nitrogens is 2. The fraction of sp³-hybridized carbons (Fsp3) is 0.333. The molecule has 1 aromatic heterocycles. The molecule has 0 aliphatic carbocycles. The first-order valence-corrected chi connectivity index (χ1v) is 8.95. The van der Waals surface area contributed by atoms with E-state index in [1.54, 1.807) is 20.9 Å². The zero-order valence-corrected chi connectivity index (χ0v) is 14.2. The maximum Gasteiger partial charge on any atom is 0.277 e. The predicted octanol–water partition coefficient (Wildman–Crippen LogP) is 1.18. The molecule has 1 aromatic carbocycles. The number of ketones is 1. The Morgan fingerprint density at radius 1 is 1.30 bits per heavy atom. The molecule has 0 aliphatic rings. The van der Waals surface area contributed by atoms with E-state index in [4.69, 9.17) is 0 Å². The van der Waals surface area contributed by atoms with Gasteiger partial charge in [-0.3, -0.25) is 14.3 Å². The number of nitrogens with zero attached hydrogens (tertiary/aromatic N) is 1. The molecular weight excluding hydrogens is 318 g/mol. The van der Waals surface area contributed by atoms with E-state index in [-0.39, 0.29) is 10.5 Å². The Labute approximate surface area is 134 Å². The Hall–Kier alpha value is -2.35. The average Bonchev–Trinajstić information content (AvgIpc) is 2.86. The van der Waals surface area contributed by atoms with Crippen molar-refractivity contribution in [3.63, 3.8) is 0 Å². The van der Waals surface area contributed by atoms with Crippen molar-refractivity contribution >= 4 is 21.3 Å². The lowest BCUT2D eigenvalue weighted by Gasteiger charge is -2.14. The molecule has 0 aliphatic heterocycles. The van der Waals surface area contributed by atoms with Crippen LogP contribution in [-0.4, -0.2) is 37.3 Å². The number of H-pyrrole nitrogens is 1. The molecule has 0 radical (unpaired) electrons. The van der Waals surface area contributed by atoms with Gasteiger partial charge in [0, 0.05) is 31.6 Å². The minimum Gasteiger partial charge on any atom is -0.387 e. The van der Waals surface area contributed by atoms with Gasteiger partial charge in [0.25, 0.3) is 5.56 Å². The smallest absolute Gasteiger partial charge is 0.277 e. The number of carbonyl (C=O) groups excluding carboxylic acids is 1. The van der Waals surface area contributed by atoms with Gasteiger partial charge in [-0.2, -0.15) is 0 Å². The fourth-order valence-corrected chi connectivity index (χ4v) is 3.44. The second-order valence-corrected chi connectivity index (χ2v) is 7.18. The molecule has 0 atom stereocenters. The molecule has 0 bridgehead atoms. The molecule has 7 nitrogen and oxygen atoms in total. The molecule has 23 heavy (non-hydrogen) atoms. The highest BCUT2D eigenvalue weighted by Crippen LogP contribution is 2.28. The zero-order valence-electron chi connectivity index (χ0n) is 13.4. The molecular formula is C15H19N3O4S. The number of sulfone groups is 1. The summed E-state index contributed by atoms with van der Waals surface area (Å²) in [6, 6.07) is 2.82. The highest BCUT2D eigenvalue weighted by molar-refractivity contribution is 7.90. The molecule has 0 saturated heterocycles. The largest absolute Gasteiger partial charge is 0.387 e. The minimum atomic E-state index is -3.43. The number of hydrogen-bond donors (Lipinski definition) is 2. The van der Waals surface area contributed by atoms with Gasteiger partial charge < -0.3 is 10.4 Å². The number of hydrogen-bond acceptors (Lipinski definition) is 5. The van der Waals surface area contributed by atoms with Crippen LogP contribution in [0.25, 0.3) is 0 Å². The van der Waals surface area contributed by atoms with Crippen molar-refractivity contribution in [1.29, 1.82) is 0 Å². The maximum atomic E-state index is 12.6. The topological polar surface area (TPSA) is 101 Å². The van der Waals surface area contributed by atoms with Crippen molar-refractivity contribution in [3.8, 4) is 0 Å². The van der Waals surface area contributed by atoms with Gasteiger partial charge in [-0.05, 0) is 31.5 Å². The molecule has 2 rings (SSSR count). The van der Waals surface area contributed by atoms with Crippen molar-refractivity contribution < 1.29 is 13.2 Å². The van der Waals surface area contributed by atoms with Crippen LogP contribution < -0.4 is 10.9 Å². The number of rotatable bonds is 5. The summed E-state index contributed by atoms with van der Waals surface area (Å²) in [4.78, 5) is 24.9. The van der Waals surface area contributed by atoms with Crippen LogP contribution in [0.3, 0.4) is 0 Å². The number of anilines is 1. The first kappa shape index (κ1) is 17.0. The van der Waals surface area contributed by atoms with Crippen molar-refractivity contribution in [2.24, 2.45) is 0 Å². The van der Waals surface area contributed by atoms with E-state index in [1.165, 1.54) is 23.0 Å². The maximum absolute atomic E-state index is 12.6. The van der Waals surface area contributed by atoms with Crippen molar-refractivity contribution in [2.75, 3.05) is 18.6 Å². The van der Waals surface area contributed by atoms with Crippen molar-refractivity contribution in [2.45, 2.75) is 25.3 Å². The third-order valence-electron chi connectivity index (χ3n) is 3.72. The van der Waals surface area contributed by atoms with E-state index in [0.717, 1.165) is 6.26 Å². The Morgan fingerprint density at radius 2 is 1.96 bits per heavy atom. The van der Waals surface area contributed by atoms with Crippen LogP contribution in [0.5, 0.6) is 0 Å². The van der Waals surface area contributed by atoms with E-state index >= 15 is 0 Å². The van der Waals surface area contributed by atoms with Crippen LogP contribution in [0.15, 0.2) is 28.0 Å². The second-order valence-electron chi connectivity index (χ2n) is 5.20. The molecule has 0 spiro atoms. The van der Waals surface area contributed by atoms with Gasteiger partial charge in [0.15, 0.2) is 9.84 Å². The van der Waals surface area contributed by atoms with Crippen molar-refractivity contribution in [3.05, 3.63) is 45.4 Å². The van der Waals surface area contributed by atoms with Crippen LogP contribution in [0.1, 0.15) is 28.4 Å². The normalized spacial score (nSPS) is 11.5. The summed E-state index contributed by atoms with van der Waals surface area (Å²) in [6.07, 6.45) is 2.48. The summed E-state index contributed by atoms with van der Waals surface area (Å²) in [7, 11) is -1.84. The predicted molar refractivity (Wildman–Crippen MR) is 88.0 cm³/mol. The number of benzene rings is 1. The Morgan fingerprint density at radius 3 is 2.43 bits per heavy atom. The molecule has 2 N–H and O–H groups in total. The summed E-state index contributed by atoms with van der Waals surface area (Å²) in [5.41, 5.74) is 0.786. The lowest BCUT2D eigenvalue weighted by Crippen LogP contribution is -2.21. The molecule has 0 saturated carbocycles. The second kappa shape index (κ2) is 6.04. The molecule has 0 amide bonds. The highest BCUT2D eigenvalue weighted by Gasteiger charge is 2.22. The van der Waals surface area contributed by atoms with E-state index in [9.17, 15) is 18.0 Å². The number of aryl methyl sites for hydroxylation is 1. The lowest BCUT2D eigenvalue weighted by molar-refractivity contribution is 0.103. The van der Waals surface area contributed by atoms with E-state index in [0.29, 0.717) is 23.4 Å². The zero-order chi connectivity index (χ0) is 17.4. The first-order valence-electron chi connectivity index (χ1n) is 7.06. The molecule has 1 heterocycles. The first-order chi connectivity index (χ1) is 10.7.